The van der Waals surface area contributed by atoms with Crippen LogP contribution in [0.5, 0.6) is 0 Å². The fourth-order valence-corrected chi connectivity index (χ4v) is 3.44. The minimum Gasteiger partial charge on any atom is -0.397 e. The Morgan fingerprint density at radius 3 is 2.50 bits per heavy atom. The number of nitrogens with one attached hydrogen (secondary N) is 3. The second kappa shape index (κ2) is 9.66. The van der Waals surface area contributed by atoms with Crippen LogP contribution in [0.4, 0.5) is 11.4 Å². The van der Waals surface area contributed by atoms with E-state index in [4.69, 9.17) is 5.73 Å². The number of H-pyrrole nitrogens is 1. The van der Waals surface area contributed by atoms with Crippen LogP contribution in [-0.2, 0) is 11.2 Å². The third-order valence-corrected chi connectivity index (χ3v) is 5.18. The van der Waals surface area contributed by atoms with E-state index in [2.05, 4.69) is 21.7 Å². The van der Waals surface area contributed by atoms with Gasteiger partial charge in [0.15, 0.2) is 0 Å². The molecule has 0 saturated carbocycles. The van der Waals surface area contributed by atoms with E-state index in [-0.39, 0.29) is 11.8 Å². The normalized spacial score (nSPS) is 11.0. The van der Waals surface area contributed by atoms with Crippen LogP contribution in [-0.4, -0.2) is 23.3 Å². The first-order valence-corrected chi connectivity index (χ1v) is 10.4. The number of benzene rings is 3. The van der Waals surface area contributed by atoms with Gasteiger partial charge in [-0.15, -0.1) is 0 Å². The standard InChI is InChI=1S/C26H24N4O2/c27-22-6-2-4-8-24(22)30-26(32)19-12-9-18(10-13-19)11-14-25(31)28-16-15-20-17-29-23-7-3-1-5-21(20)23/h1-14,17,29H,15-16,27H2,(H,28,31)(H,30,32)/b14-11+. The third-order valence-electron chi connectivity index (χ3n) is 5.18. The summed E-state index contributed by atoms with van der Waals surface area (Å²) in [4.78, 5) is 27.8. The first kappa shape index (κ1) is 20.9. The highest BCUT2D eigenvalue weighted by Crippen LogP contribution is 2.19. The molecule has 6 nitrogen and oxygen atoms in total. The van der Waals surface area contributed by atoms with E-state index in [9.17, 15) is 9.59 Å². The second-order valence-electron chi connectivity index (χ2n) is 7.40. The van der Waals surface area contributed by atoms with Crippen molar-refractivity contribution in [1.29, 1.82) is 0 Å². The van der Waals surface area contributed by atoms with Gasteiger partial charge >= 0.3 is 0 Å². The van der Waals surface area contributed by atoms with Crippen molar-refractivity contribution in [3.05, 3.63) is 102 Å². The molecule has 0 aliphatic carbocycles. The molecule has 32 heavy (non-hydrogen) atoms. The molecule has 0 fully saturated rings. The van der Waals surface area contributed by atoms with Gasteiger partial charge in [0, 0.05) is 35.3 Å². The number of nitrogens with two attached hydrogens (primary N) is 1. The number of carbonyl (C=O) groups is 2. The Bertz CT molecular complexity index is 1270. The Balaban J connectivity index is 1.28. The number of carbonyl (C=O) groups excluding carboxylic acids is 2. The first-order chi connectivity index (χ1) is 15.6. The zero-order valence-corrected chi connectivity index (χ0v) is 17.5. The summed E-state index contributed by atoms with van der Waals surface area (Å²) in [6, 6.07) is 22.2. The molecule has 2 amide bonds. The molecule has 3 aromatic carbocycles. The second-order valence-corrected chi connectivity index (χ2v) is 7.40. The fourth-order valence-electron chi connectivity index (χ4n) is 3.44. The summed E-state index contributed by atoms with van der Waals surface area (Å²) in [5.74, 6) is -0.403. The lowest BCUT2D eigenvalue weighted by Crippen LogP contribution is -2.23. The van der Waals surface area contributed by atoms with Crippen LogP contribution in [0.15, 0.2) is 85.1 Å². The average molecular weight is 425 g/mol. The molecule has 4 rings (SSSR count). The van der Waals surface area contributed by atoms with Crippen LogP contribution in [0.2, 0.25) is 0 Å². The molecule has 0 bridgehead atoms. The topological polar surface area (TPSA) is 100 Å². The van der Waals surface area contributed by atoms with E-state index in [1.54, 1.807) is 42.5 Å². The summed E-state index contributed by atoms with van der Waals surface area (Å²) in [6.07, 6.45) is 5.95. The van der Waals surface area contributed by atoms with Gasteiger partial charge in [-0.25, -0.2) is 0 Å². The van der Waals surface area contributed by atoms with Crippen LogP contribution >= 0.6 is 0 Å². The maximum atomic E-state index is 12.4. The molecular formula is C26H24N4O2. The highest BCUT2D eigenvalue weighted by Gasteiger charge is 2.07. The summed E-state index contributed by atoms with van der Waals surface area (Å²) < 4.78 is 0. The number of aromatic amines is 1. The zero-order chi connectivity index (χ0) is 22.3. The Hall–Kier alpha value is -4.32. The molecule has 160 valence electrons. The number of fused-ring (bicyclic) bond motifs is 1. The molecule has 0 aliphatic heterocycles. The number of hydrogen-bond acceptors (Lipinski definition) is 3. The minimum absolute atomic E-state index is 0.161. The van der Waals surface area contributed by atoms with Gasteiger partial charge in [0.1, 0.15) is 0 Å². The Kier molecular flexibility index (Phi) is 6.32. The monoisotopic (exact) mass is 424 g/mol. The van der Waals surface area contributed by atoms with Gasteiger partial charge < -0.3 is 21.4 Å². The molecule has 0 saturated heterocycles. The van der Waals surface area contributed by atoms with Crippen molar-refractivity contribution in [2.24, 2.45) is 0 Å². The van der Waals surface area contributed by atoms with Gasteiger partial charge in [-0.2, -0.15) is 0 Å². The fraction of sp³-hybridized carbons (Fsp3) is 0.0769. The van der Waals surface area contributed by atoms with Crippen molar-refractivity contribution in [1.82, 2.24) is 10.3 Å². The maximum absolute atomic E-state index is 12.4. The molecule has 5 N–H and O–H groups in total. The number of nitrogen functional groups attached to an aromatic ring is 1. The largest absolute Gasteiger partial charge is 0.397 e. The summed E-state index contributed by atoms with van der Waals surface area (Å²) in [6.45, 7) is 0.548. The number of anilines is 2. The number of para-hydroxylation sites is 3. The van der Waals surface area contributed by atoms with Gasteiger partial charge in [0.2, 0.25) is 5.91 Å². The van der Waals surface area contributed by atoms with Crippen LogP contribution in [0, 0.1) is 0 Å². The summed E-state index contributed by atoms with van der Waals surface area (Å²) in [5.41, 5.74) is 10.6. The van der Waals surface area contributed by atoms with Crippen molar-refractivity contribution >= 4 is 40.2 Å². The lowest BCUT2D eigenvalue weighted by atomic mass is 10.1. The molecule has 0 spiro atoms. The van der Waals surface area contributed by atoms with Crippen molar-refractivity contribution < 1.29 is 9.59 Å². The average Bonchev–Trinajstić information content (AvgIpc) is 3.23. The van der Waals surface area contributed by atoms with E-state index >= 15 is 0 Å². The maximum Gasteiger partial charge on any atom is 0.255 e. The van der Waals surface area contributed by atoms with Crippen molar-refractivity contribution in [2.75, 3.05) is 17.6 Å². The zero-order valence-electron chi connectivity index (χ0n) is 17.5. The Morgan fingerprint density at radius 1 is 0.938 bits per heavy atom. The van der Waals surface area contributed by atoms with E-state index in [1.807, 2.05) is 36.5 Å². The molecule has 0 radical (unpaired) electrons. The number of hydrogen-bond donors (Lipinski definition) is 4. The number of rotatable bonds is 7. The molecule has 4 aromatic rings. The van der Waals surface area contributed by atoms with E-state index in [1.165, 1.54) is 17.0 Å². The Labute approximate surface area is 186 Å². The molecule has 0 unspecified atom stereocenters. The summed E-state index contributed by atoms with van der Waals surface area (Å²) in [7, 11) is 0. The van der Waals surface area contributed by atoms with Crippen molar-refractivity contribution in [2.45, 2.75) is 6.42 Å². The summed E-state index contributed by atoms with van der Waals surface area (Å²) >= 11 is 0. The van der Waals surface area contributed by atoms with Crippen molar-refractivity contribution in [3.8, 4) is 0 Å². The van der Waals surface area contributed by atoms with Gasteiger partial charge in [-0.3, -0.25) is 9.59 Å². The van der Waals surface area contributed by atoms with Crippen LogP contribution < -0.4 is 16.4 Å². The predicted octanol–water partition coefficient (Wildman–Crippen LogP) is 4.37. The highest BCUT2D eigenvalue weighted by atomic mass is 16.2. The van der Waals surface area contributed by atoms with Crippen LogP contribution in [0.3, 0.4) is 0 Å². The highest BCUT2D eigenvalue weighted by molar-refractivity contribution is 6.05. The van der Waals surface area contributed by atoms with E-state index < -0.39 is 0 Å². The SMILES string of the molecule is Nc1ccccc1NC(=O)c1ccc(/C=C/C(=O)NCCc2c[nH]c3ccccc23)cc1. The van der Waals surface area contributed by atoms with Gasteiger partial charge in [0.05, 0.1) is 11.4 Å². The van der Waals surface area contributed by atoms with E-state index in [0.717, 1.165) is 17.5 Å². The van der Waals surface area contributed by atoms with Crippen molar-refractivity contribution in [3.63, 3.8) is 0 Å². The summed E-state index contributed by atoms with van der Waals surface area (Å²) in [5, 5.41) is 6.87. The predicted molar refractivity (Wildman–Crippen MR) is 129 cm³/mol. The van der Waals surface area contributed by atoms with Crippen LogP contribution in [0.25, 0.3) is 17.0 Å². The lowest BCUT2D eigenvalue weighted by molar-refractivity contribution is -0.116. The smallest absolute Gasteiger partial charge is 0.255 e. The quantitative estimate of drug-likeness (QED) is 0.262. The first-order valence-electron chi connectivity index (χ1n) is 10.4. The third kappa shape index (κ3) is 5.05. The van der Waals surface area contributed by atoms with Gasteiger partial charge in [0.25, 0.3) is 5.91 Å². The number of aromatic nitrogens is 1. The molecule has 0 atom stereocenters. The molecule has 6 heteroatoms. The number of amides is 2. The molecule has 1 aromatic heterocycles. The molecule has 0 aliphatic rings. The molecular weight excluding hydrogens is 400 g/mol. The Morgan fingerprint density at radius 2 is 1.69 bits per heavy atom. The van der Waals surface area contributed by atoms with Gasteiger partial charge in [-0.1, -0.05) is 42.5 Å². The molecule has 1 heterocycles. The van der Waals surface area contributed by atoms with Gasteiger partial charge in [-0.05, 0) is 54.0 Å². The van der Waals surface area contributed by atoms with E-state index in [0.29, 0.717) is 23.5 Å². The lowest BCUT2D eigenvalue weighted by Gasteiger charge is -2.08. The van der Waals surface area contributed by atoms with Crippen LogP contribution in [0.1, 0.15) is 21.5 Å². The minimum atomic E-state index is -0.242.